The first kappa shape index (κ1) is 21.3. The predicted octanol–water partition coefficient (Wildman–Crippen LogP) is 5.38. The molecule has 0 fully saturated rings. The van der Waals surface area contributed by atoms with Crippen LogP contribution >= 0.6 is 11.6 Å². The van der Waals surface area contributed by atoms with Crippen molar-refractivity contribution in [3.05, 3.63) is 77.2 Å². The molecular formula is C20H14ClF3N2O4. The Morgan fingerprint density at radius 1 is 1.00 bits per heavy atom. The minimum atomic E-state index is -4.54. The van der Waals surface area contributed by atoms with Crippen molar-refractivity contribution in [3.8, 4) is 5.75 Å². The smallest absolute Gasteiger partial charge is 0.422 e. The van der Waals surface area contributed by atoms with Crippen LogP contribution < -0.4 is 15.4 Å². The highest BCUT2D eigenvalue weighted by Gasteiger charge is 2.29. The number of carbonyl (C=O) groups is 2. The van der Waals surface area contributed by atoms with Crippen LogP contribution in [0.25, 0.3) is 0 Å². The van der Waals surface area contributed by atoms with Crippen molar-refractivity contribution in [3.63, 3.8) is 0 Å². The Morgan fingerprint density at radius 2 is 1.73 bits per heavy atom. The maximum atomic E-state index is 12.4. The molecule has 0 radical (unpaired) electrons. The Bertz CT molecular complexity index is 1040. The van der Waals surface area contributed by atoms with Crippen molar-refractivity contribution in [2.24, 2.45) is 0 Å². The molecule has 0 unspecified atom stereocenters. The number of nitrogens with one attached hydrogen (secondary N) is 2. The van der Waals surface area contributed by atoms with E-state index in [-0.39, 0.29) is 27.8 Å². The van der Waals surface area contributed by atoms with E-state index in [4.69, 9.17) is 20.8 Å². The third kappa shape index (κ3) is 5.77. The fourth-order valence-electron chi connectivity index (χ4n) is 2.38. The highest BCUT2D eigenvalue weighted by atomic mass is 35.5. The molecule has 6 nitrogen and oxygen atoms in total. The zero-order valence-corrected chi connectivity index (χ0v) is 15.9. The molecule has 1 heterocycles. The number of halogens is 4. The van der Waals surface area contributed by atoms with Gasteiger partial charge in [0.25, 0.3) is 11.8 Å². The fourth-order valence-corrected chi connectivity index (χ4v) is 2.54. The van der Waals surface area contributed by atoms with Crippen molar-refractivity contribution in [1.82, 2.24) is 0 Å². The topological polar surface area (TPSA) is 80.6 Å². The lowest BCUT2D eigenvalue weighted by molar-refractivity contribution is -0.153. The lowest BCUT2D eigenvalue weighted by Crippen LogP contribution is -2.20. The molecule has 2 aromatic carbocycles. The van der Waals surface area contributed by atoms with Crippen molar-refractivity contribution in [2.45, 2.75) is 6.18 Å². The SMILES string of the molecule is O=C(Nc1ccc(Cl)cc1OCC(F)(F)F)c1ccc(NC(=O)c2ccco2)cc1. The summed E-state index contributed by atoms with van der Waals surface area (Å²) in [6.07, 6.45) is -3.18. The first-order valence-corrected chi connectivity index (χ1v) is 8.84. The summed E-state index contributed by atoms with van der Waals surface area (Å²) >= 11 is 5.80. The highest BCUT2D eigenvalue weighted by molar-refractivity contribution is 6.30. The molecule has 2 N–H and O–H groups in total. The Kier molecular flexibility index (Phi) is 6.31. The number of hydrogen-bond donors (Lipinski definition) is 2. The second kappa shape index (κ2) is 8.91. The molecule has 0 saturated carbocycles. The van der Waals surface area contributed by atoms with Crippen LogP contribution in [0.15, 0.2) is 65.3 Å². The number of hydrogen-bond acceptors (Lipinski definition) is 4. The van der Waals surface area contributed by atoms with Gasteiger partial charge in [-0.3, -0.25) is 9.59 Å². The quantitative estimate of drug-likeness (QED) is 0.541. The average Bonchev–Trinajstić information content (AvgIpc) is 3.23. The fraction of sp³-hybridized carbons (Fsp3) is 0.100. The number of rotatable bonds is 6. The van der Waals surface area contributed by atoms with Crippen LogP contribution in [-0.2, 0) is 0 Å². The molecule has 0 aliphatic carbocycles. The third-order valence-electron chi connectivity index (χ3n) is 3.73. The number of benzene rings is 2. The highest BCUT2D eigenvalue weighted by Crippen LogP contribution is 2.30. The Labute approximate surface area is 173 Å². The number of furan rings is 1. The molecule has 0 saturated heterocycles. The summed E-state index contributed by atoms with van der Waals surface area (Å²) in [5, 5.41) is 5.24. The molecule has 0 aliphatic rings. The second-order valence-electron chi connectivity index (χ2n) is 6.01. The maximum Gasteiger partial charge on any atom is 0.422 e. The molecule has 30 heavy (non-hydrogen) atoms. The van der Waals surface area contributed by atoms with Gasteiger partial charge < -0.3 is 19.8 Å². The van der Waals surface area contributed by atoms with Gasteiger partial charge in [0.15, 0.2) is 12.4 Å². The lowest BCUT2D eigenvalue weighted by atomic mass is 10.2. The van der Waals surface area contributed by atoms with Crippen molar-refractivity contribution >= 4 is 34.8 Å². The van der Waals surface area contributed by atoms with Gasteiger partial charge in [0, 0.05) is 22.3 Å². The molecule has 1 aromatic heterocycles. The number of amides is 2. The van der Waals surface area contributed by atoms with Gasteiger partial charge >= 0.3 is 6.18 Å². The van der Waals surface area contributed by atoms with Crippen molar-refractivity contribution in [1.29, 1.82) is 0 Å². The maximum absolute atomic E-state index is 12.4. The molecule has 10 heteroatoms. The zero-order valence-electron chi connectivity index (χ0n) is 15.1. The minimum absolute atomic E-state index is 0.0313. The van der Waals surface area contributed by atoms with E-state index >= 15 is 0 Å². The molecule has 156 valence electrons. The van der Waals surface area contributed by atoms with Crippen LogP contribution in [0.3, 0.4) is 0 Å². The number of anilines is 2. The van der Waals surface area contributed by atoms with E-state index in [0.29, 0.717) is 5.69 Å². The van der Waals surface area contributed by atoms with Crippen molar-refractivity contribution < 1.29 is 31.9 Å². The monoisotopic (exact) mass is 438 g/mol. The standard InChI is InChI=1S/C20H14ClF3N2O4/c21-13-5-8-15(17(10-13)30-11-20(22,23)24)26-18(27)12-3-6-14(7-4-12)25-19(28)16-2-1-9-29-16/h1-10H,11H2,(H,25,28)(H,26,27). The molecule has 2 amide bonds. The predicted molar refractivity (Wildman–Crippen MR) is 104 cm³/mol. The van der Waals surface area contributed by atoms with E-state index in [1.165, 1.54) is 54.8 Å². The summed E-state index contributed by atoms with van der Waals surface area (Å²) < 4.78 is 47.0. The zero-order chi connectivity index (χ0) is 21.7. The minimum Gasteiger partial charge on any atom is -0.482 e. The Hall–Kier alpha value is -3.46. The van der Waals surface area contributed by atoms with Crippen LogP contribution in [0, 0.1) is 0 Å². The molecule has 3 rings (SSSR count). The van der Waals surface area contributed by atoms with E-state index in [0.717, 1.165) is 0 Å². The largest absolute Gasteiger partial charge is 0.482 e. The molecule has 0 aliphatic heterocycles. The van der Waals surface area contributed by atoms with Crippen LogP contribution in [0.1, 0.15) is 20.9 Å². The van der Waals surface area contributed by atoms with Crippen LogP contribution in [-0.4, -0.2) is 24.6 Å². The summed E-state index contributed by atoms with van der Waals surface area (Å²) in [6.45, 7) is -1.53. The summed E-state index contributed by atoms with van der Waals surface area (Å²) in [5.41, 5.74) is 0.667. The number of ether oxygens (including phenoxy) is 1. The Balaban J connectivity index is 1.68. The second-order valence-corrected chi connectivity index (χ2v) is 6.44. The summed E-state index contributed by atoms with van der Waals surface area (Å²) in [6, 6.07) is 12.9. The van der Waals surface area contributed by atoms with E-state index in [2.05, 4.69) is 10.6 Å². The van der Waals surface area contributed by atoms with Gasteiger partial charge in [0.1, 0.15) is 5.75 Å². The van der Waals surface area contributed by atoms with Crippen molar-refractivity contribution in [2.75, 3.05) is 17.2 Å². The van der Waals surface area contributed by atoms with E-state index < -0.39 is 24.6 Å². The molecular weight excluding hydrogens is 425 g/mol. The molecule has 0 bridgehead atoms. The summed E-state index contributed by atoms with van der Waals surface area (Å²) in [7, 11) is 0. The van der Waals surface area contributed by atoms with Gasteiger partial charge in [0.05, 0.1) is 12.0 Å². The molecule has 0 spiro atoms. The van der Waals surface area contributed by atoms with Crippen LogP contribution in [0.5, 0.6) is 5.75 Å². The van der Waals surface area contributed by atoms with Gasteiger partial charge in [-0.1, -0.05) is 11.6 Å². The van der Waals surface area contributed by atoms with Gasteiger partial charge in [-0.25, -0.2) is 0 Å². The first-order chi connectivity index (χ1) is 14.2. The van der Waals surface area contributed by atoms with Crippen LogP contribution in [0.2, 0.25) is 5.02 Å². The summed E-state index contributed by atoms with van der Waals surface area (Å²) in [5.74, 6) is -1.12. The van der Waals surface area contributed by atoms with E-state index in [9.17, 15) is 22.8 Å². The molecule has 3 aromatic rings. The normalized spacial score (nSPS) is 11.1. The Morgan fingerprint density at radius 3 is 2.37 bits per heavy atom. The van der Waals surface area contributed by atoms with Gasteiger partial charge in [-0.2, -0.15) is 13.2 Å². The van der Waals surface area contributed by atoms with E-state index in [1.807, 2.05) is 0 Å². The van der Waals surface area contributed by atoms with Gasteiger partial charge in [-0.15, -0.1) is 0 Å². The summed E-state index contributed by atoms with van der Waals surface area (Å²) in [4.78, 5) is 24.4. The third-order valence-corrected chi connectivity index (χ3v) is 3.97. The molecule has 0 atom stereocenters. The van der Waals surface area contributed by atoms with Crippen LogP contribution in [0.4, 0.5) is 24.5 Å². The number of carbonyl (C=O) groups excluding carboxylic acids is 2. The van der Waals surface area contributed by atoms with Gasteiger partial charge in [-0.05, 0) is 48.5 Å². The lowest BCUT2D eigenvalue weighted by Gasteiger charge is -2.14. The van der Waals surface area contributed by atoms with Gasteiger partial charge in [0.2, 0.25) is 0 Å². The number of alkyl halides is 3. The van der Waals surface area contributed by atoms with E-state index in [1.54, 1.807) is 6.07 Å². The average molecular weight is 439 g/mol. The first-order valence-electron chi connectivity index (χ1n) is 8.47.